The van der Waals surface area contributed by atoms with E-state index in [1.54, 1.807) is 0 Å². The number of anilines is 1. The van der Waals surface area contributed by atoms with Gasteiger partial charge >= 0.3 is 5.97 Å². The SMILES string of the molecule is CCOC(=O)C(C)CN1CCc2c(N)cccc2C1. The summed E-state index contributed by atoms with van der Waals surface area (Å²) in [4.78, 5) is 13.9. The lowest BCUT2D eigenvalue weighted by molar-refractivity contribution is -0.148. The molecule has 0 amide bonds. The molecule has 2 rings (SSSR count). The maximum Gasteiger partial charge on any atom is 0.309 e. The number of esters is 1. The summed E-state index contributed by atoms with van der Waals surface area (Å²) in [5.74, 6) is -0.191. The number of hydrogen-bond acceptors (Lipinski definition) is 4. The molecule has 0 bridgehead atoms. The number of carbonyl (C=O) groups is 1. The van der Waals surface area contributed by atoms with Crippen LogP contribution in [0.3, 0.4) is 0 Å². The molecule has 4 nitrogen and oxygen atoms in total. The van der Waals surface area contributed by atoms with Crippen LogP contribution in [0.1, 0.15) is 25.0 Å². The molecule has 1 aliphatic rings. The minimum Gasteiger partial charge on any atom is -0.466 e. The summed E-state index contributed by atoms with van der Waals surface area (Å²) in [5, 5.41) is 0. The fourth-order valence-corrected chi connectivity index (χ4v) is 2.60. The van der Waals surface area contributed by atoms with Crippen LogP contribution in [0.2, 0.25) is 0 Å². The third-order valence-corrected chi connectivity index (χ3v) is 3.60. The van der Waals surface area contributed by atoms with Crippen molar-refractivity contribution in [3.8, 4) is 0 Å². The first-order chi connectivity index (χ1) is 9.11. The summed E-state index contributed by atoms with van der Waals surface area (Å²) in [6.07, 6.45) is 0.956. The van der Waals surface area contributed by atoms with Crippen LogP contribution in [0.25, 0.3) is 0 Å². The van der Waals surface area contributed by atoms with E-state index in [2.05, 4.69) is 11.0 Å². The van der Waals surface area contributed by atoms with Crippen molar-refractivity contribution >= 4 is 11.7 Å². The monoisotopic (exact) mass is 262 g/mol. The van der Waals surface area contributed by atoms with E-state index in [0.29, 0.717) is 6.61 Å². The molecule has 19 heavy (non-hydrogen) atoms. The van der Waals surface area contributed by atoms with Gasteiger partial charge in [-0.1, -0.05) is 19.1 Å². The fraction of sp³-hybridized carbons (Fsp3) is 0.533. The Balaban J connectivity index is 1.97. The molecule has 0 radical (unpaired) electrons. The smallest absolute Gasteiger partial charge is 0.309 e. The summed E-state index contributed by atoms with van der Waals surface area (Å²) in [5.41, 5.74) is 9.41. The Morgan fingerprint density at radius 1 is 1.53 bits per heavy atom. The fourth-order valence-electron chi connectivity index (χ4n) is 2.60. The predicted molar refractivity (Wildman–Crippen MR) is 75.6 cm³/mol. The average molecular weight is 262 g/mol. The number of nitrogen functional groups attached to an aromatic ring is 1. The molecule has 104 valence electrons. The Labute approximate surface area is 114 Å². The van der Waals surface area contributed by atoms with Gasteiger partial charge in [0.1, 0.15) is 0 Å². The zero-order valence-electron chi connectivity index (χ0n) is 11.7. The highest BCUT2D eigenvalue weighted by Gasteiger charge is 2.22. The third-order valence-electron chi connectivity index (χ3n) is 3.60. The van der Waals surface area contributed by atoms with E-state index in [4.69, 9.17) is 10.5 Å². The molecule has 0 saturated carbocycles. The van der Waals surface area contributed by atoms with Gasteiger partial charge < -0.3 is 10.5 Å². The Morgan fingerprint density at radius 3 is 3.05 bits per heavy atom. The molecule has 1 unspecified atom stereocenters. The Bertz CT molecular complexity index is 459. The lowest BCUT2D eigenvalue weighted by atomic mass is 9.97. The van der Waals surface area contributed by atoms with Gasteiger partial charge in [-0.3, -0.25) is 9.69 Å². The maximum atomic E-state index is 11.6. The Morgan fingerprint density at radius 2 is 2.32 bits per heavy atom. The van der Waals surface area contributed by atoms with Crippen LogP contribution >= 0.6 is 0 Å². The number of fused-ring (bicyclic) bond motifs is 1. The second-order valence-corrected chi connectivity index (χ2v) is 5.12. The Hall–Kier alpha value is -1.55. The van der Waals surface area contributed by atoms with E-state index >= 15 is 0 Å². The van der Waals surface area contributed by atoms with E-state index in [0.717, 1.165) is 31.7 Å². The van der Waals surface area contributed by atoms with Gasteiger partial charge in [-0.2, -0.15) is 0 Å². The molecule has 1 atom stereocenters. The lowest BCUT2D eigenvalue weighted by Crippen LogP contribution is -2.36. The van der Waals surface area contributed by atoms with Gasteiger partial charge in [-0.05, 0) is 30.5 Å². The van der Waals surface area contributed by atoms with Crippen molar-refractivity contribution in [2.24, 2.45) is 5.92 Å². The van der Waals surface area contributed by atoms with E-state index in [1.165, 1.54) is 11.1 Å². The first kappa shape index (κ1) is 13.9. The quantitative estimate of drug-likeness (QED) is 0.664. The van der Waals surface area contributed by atoms with Crippen molar-refractivity contribution in [2.75, 3.05) is 25.4 Å². The van der Waals surface area contributed by atoms with E-state index in [9.17, 15) is 4.79 Å². The van der Waals surface area contributed by atoms with Crippen molar-refractivity contribution < 1.29 is 9.53 Å². The van der Waals surface area contributed by atoms with Crippen LogP contribution in [0, 0.1) is 5.92 Å². The molecule has 1 aliphatic heterocycles. The van der Waals surface area contributed by atoms with Gasteiger partial charge in [0.25, 0.3) is 0 Å². The van der Waals surface area contributed by atoms with Crippen molar-refractivity contribution in [1.82, 2.24) is 4.90 Å². The molecule has 1 aromatic rings. The van der Waals surface area contributed by atoms with E-state index in [1.807, 2.05) is 26.0 Å². The van der Waals surface area contributed by atoms with Crippen LogP contribution < -0.4 is 5.73 Å². The summed E-state index contributed by atoms with van der Waals surface area (Å²) in [6, 6.07) is 6.06. The first-order valence-corrected chi connectivity index (χ1v) is 6.87. The van der Waals surface area contributed by atoms with Gasteiger partial charge in [0, 0.05) is 25.3 Å². The topological polar surface area (TPSA) is 55.6 Å². The molecule has 2 N–H and O–H groups in total. The highest BCUT2D eigenvalue weighted by Crippen LogP contribution is 2.24. The van der Waals surface area contributed by atoms with Gasteiger partial charge in [0.05, 0.1) is 12.5 Å². The van der Waals surface area contributed by atoms with Crippen LogP contribution in [0.5, 0.6) is 0 Å². The maximum absolute atomic E-state index is 11.6. The normalized spacial score (nSPS) is 16.7. The van der Waals surface area contributed by atoms with Crippen molar-refractivity contribution in [3.05, 3.63) is 29.3 Å². The summed E-state index contributed by atoms with van der Waals surface area (Å²) in [6.45, 7) is 6.77. The zero-order chi connectivity index (χ0) is 13.8. The molecule has 0 saturated heterocycles. The molecule has 1 aromatic carbocycles. The Kier molecular flexibility index (Phi) is 4.43. The molecular weight excluding hydrogens is 240 g/mol. The largest absolute Gasteiger partial charge is 0.466 e. The van der Waals surface area contributed by atoms with Gasteiger partial charge in [-0.15, -0.1) is 0 Å². The minimum atomic E-state index is -0.110. The van der Waals surface area contributed by atoms with Crippen molar-refractivity contribution in [2.45, 2.75) is 26.8 Å². The zero-order valence-corrected chi connectivity index (χ0v) is 11.7. The summed E-state index contributed by atoms with van der Waals surface area (Å²) in [7, 11) is 0. The molecule has 0 aliphatic carbocycles. The molecule has 4 heteroatoms. The number of ether oxygens (including phenoxy) is 1. The van der Waals surface area contributed by atoms with Crippen LogP contribution in [-0.2, 0) is 22.5 Å². The minimum absolute atomic E-state index is 0.0810. The first-order valence-electron chi connectivity index (χ1n) is 6.87. The highest BCUT2D eigenvalue weighted by molar-refractivity contribution is 5.72. The summed E-state index contributed by atoms with van der Waals surface area (Å²) >= 11 is 0. The molecule has 0 spiro atoms. The molecule has 1 heterocycles. The number of nitrogens with two attached hydrogens (primary N) is 1. The molecule has 0 aromatic heterocycles. The number of benzene rings is 1. The van der Waals surface area contributed by atoms with Crippen molar-refractivity contribution in [1.29, 1.82) is 0 Å². The average Bonchev–Trinajstić information content (AvgIpc) is 2.39. The highest BCUT2D eigenvalue weighted by atomic mass is 16.5. The molecular formula is C15H22N2O2. The lowest BCUT2D eigenvalue weighted by Gasteiger charge is -2.30. The second kappa shape index (κ2) is 6.06. The van der Waals surface area contributed by atoms with Crippen molar-refractivity contribution in [3.63, 3.8) is 0 Å². The predicted octanol–water partition coefficient (Wildman–Crippen LogP) is 1.83. The number of nitrogens with zero attached hydrogens (tertiary/aromatic N) is 1. The molecule has 0 fully saturated rings. The van der Waals surface area contributed by atoms with Gasteiger partial charge in [0.2, 0.25) is 0 Å². The van der Waals surface area contributed by atoms with Crippen LogP contribution in [0.15, 0.2) is 18.2 Å². The van der Waals surface area contributed by atoms with Crippen LogP contribution in [0.4, 0.5) is 5.69 Å². The summed E-state index contributed by atoms with van der Waals surface area (Å²) < 4.78 is 5.05. The second-order valence-electron chi connectivity index (χ2n) is 5.12. The van der Waals surface area contributed by atoms with Crippen LogP contribution in [-0.4, -0.2) is 30.6 Å². The third kappa shape index (κ3) is 3.26. The standard InChI is InChI=1S/C15H22N2O2/c1-3-19-15(18)11(2)9-17-8-7-13-12(10-17)5-4-6-14(13)16/h4-6,11H,3,7-10,16H2,1-2H3. The van der Waals surface area contributed by atoms with E-state index < -0.39 is 0 Å². The van der Waals surface area contributed by atoms with Gasteiger partial charge in [0.15, 0.2) is 0 Å². The number of carbonyl (C=O) groups excluding carboxylic acids is 1. The number of hydrogen-bond donors (Lipinski definition) is 1. The van der Waals surface area contributed by atoms with Gasteiger partial charge in [-0.25, -0.2) is 0 Å². The number of rotatable bonds is 4. The van der Waals surface area contributed by atoms with E-state index in [-0.39, 0.29) is 11.9 Å².